The van der Waals surface area contributed by atoms with E-state index < -0.39 is 0 Å². The van der Waals surface area contributed by atoms with Gasteiger partial charge in [0.2, 0.25) is 11.7 Å². The highest BCUT2D eigenvalue weighted by Gasteiger charge is 2.32. The Labute approximate surface area is 171 Å². The number of aromatic nitrogens is 2. The lowest BCUT2D eigenvalue weighted by atomic mass is 10.1. The number of methoxy groups -OCH3 is 1. The van der Waals surface area contributed by atoms with Crippen molar-refractivity contribution in [3.63, 3.8) is 0 Å². The van der Waals surface area contributed by atoms with Crippen LogP contribution in [0.2, 0.25) is 0 Å². The van der Waals surface area contributed by atoms with Gasteiger partial charge in [0.05, 0.1) is 13.7 Å². The van der Waals surface area contributed by atoms with Gasteiger partial charge in [0, 0.05) is 12.6 Å². The second-order valence-electron chi connectivity index (χ2n) is 7.54. The van der Waals surface area contributed by atoms with Crippen LogP contribution in [0.3, 0.4) is 0 Å². The van der Waals surface area contributed by atoms with E-state index in [0.717, 1.165) is 24.0 Å². The molecule has 152 valence electrons. The van der Waals surface area contributed by atoms with Crippen molar-refractivity contribution in [1.82, 2.24) is 15.0 Å². The maximum atomic E-state index is 5.75. The van der Waals surface area contributed by atoms with E-state index in [2.05, 4.69) is 46.2 Å². The molecule has 0 radical (unpaired) electrons. The summed E-state index contributed by atoms with van der Waals surface area (Å²) in [5, 5.41) is 4.08. The molecule has 1 aliphatic rings. The summed E-state index contributed by atoms with van der Waals surface area (Å²) in [5.74, 6) is 3.48. The lowest BCUT2D eigenvalue weighted by Crippen LogP contribution is -2.33. The minimum Gasteiger partial charge on any atom is -0.497 e. The highest BCUT2D eigenvalue weighted by Crippen LogP contribution is 2.36. The number of rotatable bonds is 10. The molecule has 0 aliphatic heterocycles. The summed E-state index contributed by atoms with van der Waals surface area (Å²) >= 11 is 0. The van der Waals surface area contributed by atoms with Crippen molar-refractivity contribution < 1.29 is 14.0 Å². The lowest BCUT2D eigenvalue weighted by Gasteiger charge is -2.27. The van der Waals surface area contributed by atoms with Gasteiger partial charge in [-0.1, -0.05) is 35.5 Å². The molecule has 1 fully saturated rings. The molecule has 0 N–H and O–H groups in total. The van der Waals surface area contributed by atoms with Crippen molar-refractivity contribution in [2.24, 2.45) is 5.92 Å². The van der Waals surface area contributed by atoms with Crippen LogP contribution in [0.1, 0.15) is 37.0 Å². The molecular formula is C23H27N3O3. The Morgan fingerprint density at radius 3 is 2.45 bits per heavy atom. The van der Waals surface area contributed by atoms with Crippen LogP contribution in [-0.4, -0.2) is 28.2 Å². The van der Waals surface area contributed by atoms with Gasteiger partial charge in [-0.3, -0.25) is 4.90 Å². The number of hydrogen-bond acceptors (Lipinski definition) is 6. The van der Waals surface area contributed by atoms with Gasteiger partial charge in [-0.15, -0.1) is 0 Å². The number of benzene rings is 2. The normalized spacial score (nSPS) is 14.7. The van der Waals surface area contributed by atoms with Crippen LogP contribution in [0.5, 0.6) is 11.5 Å². The molecule has 4 rings (SSSR count). The van der Waals surface area contributed by atoms with Gasteiger partial charge in [-0.05, 0) is 55.5 Å². The first-order chi connectivity index (χ1) is 14.2. The highest BCUT2D eigenvalue weighted by molar-refractivity contribution is 5.31. The molecular weight excluding hydrogens is 366 g/mol. The summed E-state index contributed by atoms with van der Waals surface area (Å²) in [6.07, 6.45) is 2.61. The summed E-state index contributed by atoms with van der Waals surface area (Å²) in [6, 6.07) is 18.5. The Morgan fingerprint density at radius 2 is 1.76 bits per heavy atom. The van der Waals surface area contributed by atoms with E-state index in [4.69, 9.17) is 14.0 Å². The Morgan fingerprint density at radius 1 is 1.03 bits per heavy atom. The van der Waals surface area contributed by atoms with Crippen molar-refractivity contribution in [3.05, 3.63) is 71.9 Å². The van der Waals surface area contributed by atoms with Crippen LogP contribution in [-0.2, 0) is 19.7 Å². The van der Waals surface area contributed by atoms with E-state index in [1.54, 1.807) is 7.11 Å². The fraction of sp³-hybridized carbons (Fsp3) is 0.391. The first kappa shape index (κ1) is 19.5. The van der Waals surface area contributed by atoms with Gasteiger partial charge in [-0.25, -0.2) is 0 Å². The molecule has 0 amide bonds. The summed E-state index contributed by atoms with van der Waals surface area (Å²) in [5.41, 5.74) is 1.29. The van der Waals surface area contributed by atoms with E-state index in [9.17, 15) is 0 Å². The van der Waals surface area contributed by atoms with Crippen LogP contribution in [0.25, 0.3) is 0 Å². The maximum Gasteiger partial charge on any atom is 0.240 e. The Bertz CT molecular complexity index is 891. The van der Waals surface area contributed by atoms with Gasteiger partial charge < -0.3 is 14.0 Å². The van der Waals surface area contributed by atoms with E-state index >= 15 is 0 Å². The predicted octanol–water partition coefficient (Wildman–Crippen LogP) is 4.46. The zero-order valence-electron chi connectivity index (χ0n) is 17.0. The highest BCUT2D eigenvalue weighted by atomic mass is 16.5. The number of nitrogens with zero attached hydrogens (tertiary/aromatic N) is 3. The monoisotopic (exact) mass is 393 g/mol. The van der Waals surface area contributed by atoms with Crippen LogP contribution >= 0.6 is 0 Å². The molecule has 6 heteroatoms. The molecule has 1 aromatic heterocycles. The minimum atomic E-state index is 0.271. The van der Waals surface area contributed by atoms with E-state index in [1.807, 2.05) is 30.3 Å². The molecule has 2 aromatic carbocycles. The largest absolute Gasteiger partial charge is 0.497 e. The molecule has 3 aromatic rings. The Balaban J connectivity index is 1.37. The Hall–Kier alpha value is -2.86. The van der Waals surface area contributed by atoms with E-state index in [-0.39, 0.29) is 6.61 Å². The van der Waals surface area contributed by atoms with Crippen LogP contribution < -0.4 is 9.47 Å². The van der Waals surface area contributed by atoms with Crippen molar-refractivity contribution in [2.45, 2.75) is 45.5 Å². The lowest BCUT2D eigenvalue weighted by molar-refractivity contribution is 0.150. The molecule has 0 saturated heterocycles. The molecule has 0 bridgehead atoms. The molecule has 1 saturated carbocycles. The second kappa shape index (κ2) is 9.09. The second-order valence-corrected chi connectivity index (χ2v) is 7.54. The van der Waals surface area contributed by atoms with Gasteiger partial charge in [0.1, 0.15) is 11.5 Å². The van der Waals surface area contributed by atoms with Crippen LogP contribution in [0.15, 0.2) is 59.1 Å². The maximum absolute atomic E-state index is 5.75. The Kier molecular flexibility index (Phi) is 6.10. The summed E-state index contributed by atoms with van der Waals surface area (Å²) in [4.78, 5) is 6.96. The quantitative estimate of drug-likeness (QED) is 0.507. The molecule has 0 spiro atoms. The third-order valence-electron chi connectivity index (χ3n) is 5.38. The third-order valence-corrected chi connectivity index (χ3v) is 5.38. The van der Waals surface area contributed by atoms with Crippen molar-refractivity contribution >= 4 is 0 Å². The third kappa shape index (κ3) is 5.35. The minimum absolute atomic E-state index is 0.271. The summed E-state index contributed by atoms with van der Waals surface area (Å²) in [6.45, 7) is 4.08. The van der Waals surface area contributed by atoms with Crippen LogP contribution in [0.4, 0.5) is 0 Å². The molecule has 1 unspecified atom stereocenters. The summed E-state index contributed by atoms with van der Waals surface area (Å²) < 4.78 is 16.4. The van der Waals surface area contributed by atoms with Gasteiger partial charge in [0.15, 0.2) is 6.61 Å². The van der Waals surface area contributed by atoms with E-state index in [0.29, 0.717) is 24.3 Å². The number of hydrogen-bond donors (Lipinski definition) is 0. The first-order valence-corrected chi connectivity index (χ1v) is 10.1. The predicted molar refractivity (Wildman–Crippen MR) is 109 cm³/mol. The number of ether oxygens (including phenoxy) is 2. The fourth-order valence-electron chi connectivity index (χ4n) is 3.45. The van der Waals surface area contributed by atoms with Crippen molar-refractivity contribution in [1.29, 1.82) is 0 Å². The standard InChI is InChI=1S/C23H27N3O3/c1-17(19-8-9-19)26(14-18-6-4-3-5-7-18)15-23-24-22(25-29-23)16-28-21-12-10-20(27-2)11-13-21/h3-7,10-13,17,19H,8-9,14-16H2,1-2H3. The van der Waals surface area contributed by atoms with E-state index in [1.165, 1.54) is 18.4 Å². The first-order valence-electron chi connectivity index (χ1n) is 10.1. The average Bonchev–Trinajstić information content (AvgIpc) is 3.52. The molecule has 1 aliphatic carbocycles. The molecule has 6 nitrogen and oxygen atoms in total. The molecule has 29 heavy (non-hydrogen) atoms. The van der Waals surface area contributed by atoms with Gasteiger partial charge >= 0.3 is 0 Å². The van der Waals surface area contributed by atoms with Gasteiger partial charge in [-0.2, -0.15) is 4.98 Å². The summed E-state index contributed by atoms with van der Waals surface area (Å²) in [7, 11) is 1.64. The van der Waals surface area contributed by atoms with Crippen molar-refractivity contribution in [3.8, 4) is 11.5 Å². The fourth-order valence-corrected chi connectivity index (χ4v) is 3.45. The van der Waals surface area contributed by atoms with Gasteiger partial charge in [0.25, 0.3) is 0 Å². The van der Waals surface area contributed by atoms with Crippen molar-refractivity contribution in [2.75, 3.05) is 7.11 Å². The average molecular weight is 393 g/mol. The zero-order chi connectivity index (χ0) is 20.1. The topological polar surface area (TPSA) is 60.6 Å². The zero-order valence-corrected chi connectivity index (χ0v) is 17.0. The molecule has 1 atom stereocenters. The van der Waals surface area contributed by atoms with Crippen LogP contribution in [0, 0.1) is 5.92 Å². The SMILES string of the molecule is COc1ccc(OCc2noc(CN(Cc3ccccc3)C(C)C3CC3)n2)cc1. The molecule has 1 heterocycles. The smallest absolute Gasteiger partial charge is 0.240 e.